The van der Waals surface area contributed by atoms with Crippen LogP contribution < -0.4 is 10.1 Å². The molecule has 0 spiro atoms. The van der Waals surface area contributed by atoms with Crippen molar-refractivity contribution >= 4 is 5.91 Å². The number of nitrogens with zero attached hydrogens (tertiary/aromatic N) is 2. The number of carbonyl (C=O) groups is 1. The summed E-state index contributed by atoms with van der Waals surface area (Å²) < 4.78 is 5.40. The van der Waals surface area contributed by atoms with Crippen LogP contribution >= 0.6 is 0 Å². The summed E-state index contributed by atoms with van der Waals surface area (Å²) in [6.45, 7) is 2.88. The quantitative estimate of drug-likeness (QED) is 0.877. The van der Waals surface area contributed by atoms with Crippen LogP contribution in [0.3, 0.4) is 0 Å². The third kappa shape index (κ3) is 3.14. The largest absolute Gasteiger partial charge is 0.497 e. The van der Waals surface area contributed by atoms with Gasteiger partial charge in [0, 0.05) is 18.3 Å². The molecule has 1 aliphatic heterocycles. The molecule has 132 valence electrons. The second-order valence-corrected chi connectivity index (χ2v) is 6.97. The summed E-state index contributed by atoms with van der Waals surface area (Å²) in [5.74, 6) is 0.803. The number of methoxy groups -OCH3 is 1. The Kier molecular flexibility index (Phi) is 4.21. The molecule has 6 nitrogen and oxygen atoms in total. The monoisotopic (exact) mass is 340 g/mol. The highest BCUT2D eigenvalue weighted by Crippen LogP contribution is 2.41. The highest BCUT2D eigenvalue weighted by molar-refractivity contribution is 5.95. The third-order valence-corrected chi connectivity index (χ3v) is 5.28. The Morgan fingerprint density at radius 3 is 2.88 bits per heavy atom. The van der Waals surface area contributed by atoms with Gasteiger partial charge in [-0.3, -0.25) is 14.8 Å². The van der Waals surface area contributed by atoms with E-state index in [9.17, 15) is 4.79 Å². The predicted octanol–water partition coefficient (Wildman–Crippen LogP) is 2.43. The SMILES string of the molecule is COc1cccc([C@H]2[C@@H](NC(=O)c3cn[nH]c3C)CCN2C2CC2)c1. The summed E-state index contributed by atoms with van der Waals surface area (Å²) >= 11 is 0. The zero-order valence-corrected chi connectivity index (χ0v) is 14.7. The summed E-state index contributed by atoms with van der Waals surface area (Å²) in [6.07, 6.45) is 5.06. The lowest BCUT2D eigenvalue weighted by atomic mass is 9.99. The molecule has 2 aromatic rings. The van der Waals surface area contributed by atoms with Crippen LogP contribution in [0, 0.1) is 6.92 Å². The number of aromatic amines is 1. The van der Waals surface area contributed by atoms with Crippen LogP contribution in [0.4, 0.5) is 0 Å². The van der Waals surface area contributed by atoms with Gasteiger partial charge in [-0.15, -0.1) is 0 Å². The molecule has 2 N–H and O–H groups in total. The van der Waals surface area contributed by atoms with Gasteiger partial charge in [0.2, 0.25) is 0 Å². The van der Waals surface area contributed by atoms with Crippen molar-refractivity contribution in [2.75, 3.05) is 13.7 Å². The van der Waals surface area contributed by atoms with Crippen LogP contribution in [0.1, 0.15) is 46.9 Å². The summed E-state index contributed by atoms with van der Waals surface area (Å²) in [5, 5.41) is 10.0. The van der Waals surface area contributed by atoms with Crippen LogP contribution in [0.25, 0.3) is 0 Å². The molecule has 1 aromatic heterocycles. The molecule has 1 amide bonds. The molecular formula is C19H24N4O2. The van der Waals surface area contributed by atoms with Crippen LogP contribution in [0.2, 0.25) is 0 Å². The number of aryl methyl sites for hydroxylation is 1. The number of hydrogen-bond donors (Lipinski definition) is 2. The van der Waals surface area contributed by atoms with Gasteiger partial charge < -0.3 is 10.1 Å². The summed E-state index contributed by atoms with van der Waals surface area (Å²) in [4.78, 5) is 15.2. The fourth-order valence-corrected chi connectivity index (χ4v) is 3.86. The first kappa shape index (κ1) is 16.1. The minimum absolute atomic E-state index is 0.0539. The Labute approximate surface area is 147 Å². The number of ether oxygens (including phenoxy) is 1. The lowest BCUT2D eigenvalue weighted by Gasteiger charge is -2.29. The summed E-state index contributed by atoms with van der Waals surface area (Å²) in [7, 11) is 1.69. The number of H-pyrrole nitrogens is 1. The first-order chi connectivity index (χ1) is 12.2. The van der Waals surface area contributed by atoms with Gasteiger partial charge in [-0.25, -0.2) is 0 Å². The Balaban J connectivity index is 1.59. The van der Waals surface area contributed by atoms with Crippen molar-refractivity contribution in [3.05, 3.63) is 47.3 Å². The van der Waals surface area contributed by atoms with Crippen molar-refractivity contribution in [3.8, 4) is 5.75 Å². The van der Waals surface area contributed by atoms with Crippen molar-refractivity contribution in [3.63, 3.8) is 0 Å². The van der Waals surface area contributed by atoms with Gasteiger partial charge in [-0.2, -0.15) is 5.10 Å². The molecule has 1 saturated carbocycles. The van der Waals surface area contributed by atoms with Gasteiger partial charge in [0.25, 0.3) is 5.91 Å². The van der Waals surface area contributed by atoms with Crippen molar-refractivity contribution < 1.29 is 9.53 Å². The van der Waals surface area contributed by atoms with E-state index in [-0.39, 0.29) is 18.0 Å². The van der Waals surface area contributed by atoms with E-state index >= 15 is 0 Å². The van der Waals surface area contributed by atoms with E-state index in [0.29, 0.717) is 11.6 Å². The fraction of sp³-hybridized carbons (Fsp3) is 0.474. The van der Waals surface area contributed by atoms with Crippen LogP contribution in [-0.4, -0.2) is 46.7 Å². The first-order valence-electron chi connectivity index (χ1n) is 8.88. The van der Waals surface area contributed by atoms with E-state index in [1.54, 1.807) is 13.3 Å². The maximum Gasteiger partial charge on any atom is 0.255 e. The average molecular weight is 340 g/mol. The molecule has 1 saturated heterocycles. The van der Waals surface area contributed by atoms with Gasteiger partial charge in [-0.1, -0.05) is 12.1 Å². The van der Waals surface area contributed by atoms with Crippen LogP contribution in [0.5, 0.6) is 5.75 Å². The Hall–Kier alpha value is -2.34. The summed E-state index contributed by atoms with van der Waals surface area (Å²) in [6, 6.07) is 9.14. The highest BCUT2D eigenvalue weighted by Gasteiger charge is 2.43. The van der Waals surface area contributed by atoms with Gasteiger partial charge in [0.05, 0.1) is 31.0 Å². The lowest BCUT2D eigenvalue weighted by Crippen LogP contribution is -2.40. The molecule has 2 fully saturated rings. The molecule has 0 bridgehead atoms. The van der Waals surface area contributed by atoms with Crippen molar-refractivity contribution in [1.29, 1.82) is 0 Å². The smallest absolute Gasteiger partial charge is 0.255 e. The van der Waals surface area contributed by atoms with E-state index in [2.05, 4.69) is 32.5 Å². The number of rotatable bonds is 5. The zero-order valence-electron chi connectivity index (χ0n) is 14.7. The van der Waals surface area contributed by atoms with Gasteiger partial charge in [-0.05, 0) is 43.9 Å². The topological polar surface area (TPSA) is 70.2 Å². The fourth-order valence-electron chi connectivity index (χ4n) is 3.86. The van der Waals surface area contributed by atoms with E-state index in [1.807, 2.05) is 19.1 Å². The lowest BCUT2D eigenvalue weighted by molar-refractivity contribution is 0.0923. The Morgan fingerprint density at radius 2 is 2.20 bits per heavy atom. The molecule has 2 heterocycles. The maximum absolute atomic E-state index is 12.7. The van der Waals surface area contributed by atoms with Crippen LogP contribution in [0.15, 0.2) is 30.5 Å². The predicted molar refractivity (Wildman–Crippen MR) is 94.7 cm³/mol. The molecule has 6 heteroatoms. The Bertz CT molecular complexity index is 768. The molecule has 4 rings (SSSR count). The molecule has 25 heavy (non-hydrogen) atoms. The number of carbonyl (C=O) groups excluding carboxylic acids is 1. The number of amides is 1. The highest BCUT2D eigenvalue weighted by atomic mass is 16.5. The van der Waals surface area contributed by atoms with Gasteiger partial charge in [0.1, 0.15) is 5.75 Å². The second-order valence-electron chi connectivity index (χ2n) is 6.97. The minimum atomic E-state index is -0.0539. The molecule has 0 radical (unpaired) electrons. The first-order valence-corrected chi connectivity index (χ1v) is 8.88. The van der Waals surface area contributed by atoms with E-state index in [0.717, 1.165) is 24.4 Å². The summed E-state index contributed by atoms with van der Waals surface area (Å²) in [5.41, 5.74) is 2.62. The molecule has 1 aromatic carbocycles. The van der Waals surface area contributed by atoms with E-state index in [4.69, 9.17) is 4.74 Å². The van der Waals surface area contributed by atoms with Gasteiger partial charge >= 0.3 is 0 Å². The van der Waals surface area contributed by atoms with Crippen molar-refractivity contribution in [2.45, 2.75) is 44.3 Å². The number of hydrogen-bond acceptors (Lipinski definition) is 4. The molecule has 2 atom stereocenters. The normalized spacial score (nSPS) is 23.6. The van der Waals surface area contributed by atoms with E-state index < -0.39 is 0 Å². The molecular weight excluding hydrogens is 316 g/mol. The molecule has 1 aliphatic carbocycles. The number of aromatic nitrogens is 2. The number of likely N-dealkylation sites (tertiary alicyclic amines) is 1. The van der Waals surface area contributed by atoms with Crippen molar-refractivity contribution in [2.24, 2.45) is 0 Å². The minimum Gasteiger partial charge on any atom is -0.497 e. The average Bonchev–Trinajstić information content (AvgIpc) is 3.25. The third-order valence-electron chi connectivity index (χ3n) is 5.28. The standard InChI is InChI=1S/C19H24N4O2/c1-12-16(11-20-22-12)19(24)21-17-8-9-23(14-6-7-14)18(17)13-4-3-5-15(10-13)25-2/h3-5,10-11,14,17-18H,6-9H2,1-2H3,(H,20,22)(H,21,24)/t17-,18-/m0/s1. The van der Waals surface area contributed by atoms with Gasteiger partial charge in [0.15, 0.2) is 0 Å². The zero-order chi connectivity index (χ0) is 17.4. The van der Waals surface area contributed by atoms with Crippen LogP contribution in [-0.2, 0) is 0 Å². The Morgan fingerprint density at radius 1 is 1.36 bits per heavy atom. The molecule has 0 unspecified atom stereocenters. The second kappa shape index (κ2) is 6.52. The molecule has 2 aliphatic rings. The van der Waals surface area contributed by atoms with Crippen molar-refractivity contribution in [1.82, 2.24) is 20.4 Å². The maximum atomic E-state index is 12.7. The number of nitrogens with one attached hydrogen (secondary N) is 2. The number of benzene rings is 1. The van der Waals surface area contributed by atoms with E-state index in [1.165, 1.54) is 18.4 Å².